The number of nitrogens with zero attached hydrogens (tertiary/aromatic N) is 2. The Morgan fingerprint density at radius 3 is 2.44 bits per heavy atom. The minimum Gasteiger partial charge on any atom is -0.480 e. The number of aryl methyl sites for hydroxylation is 1. The van der Waals surface area contributed by atoms with Gasteiger partial charge in [-0.2, -0.15) is 18.3 Å². The van der Waals surface area contributed by atoms with Crippen molar-refractivity contribution in [2.75, 3.05) is 0 Å². The molecule has 0 bridgehead atoms. The summed E-state index contributed by atoms with van der Waals surface area (Å²) in [7, 11) is 1.16. The number of aliphatic carboxylic acids is 1. The van der Waals surface area contributed by atoms with Gasteiger partial charge in [-0.15, -0.1) is 0 Å². The monoisotopic (exact) mass is 265 g/mol. The number of nitrogens with one attached hydrogen (secondary N) is 1. The zero-order chi connectivity index (χ0) is 14.1. The summed E-state index contributed by atoms with van der Waals surface area (Å²) in [6.45, 7) is 1.20. The van der Waals surface area contributed by atoms with Crippen molar-refractivity contribution < 1.29 is 27.9 Å². The lowest BCUT2D eigenvalue weighted by molar-refractivity contribution is -0.141. The van der Waals surface area contributed by atoms with Crippen molar-refractivity contribution in [3.8, 4) is 0 Å². The van der Waals surface area contributed by atoms with E-state index in [2.05, 4.69) is 5.10 Å². The zero-order valence-corrected chi connectivity index (χ0v) is 9.45. The molecule has 1 aromatic heterocycles. The number of rotatable bonds is 3. The third kappa shape index (κ3) is 2.99. The van der Waals surface area contributed by atoms with Crippen LogP contribution in [-0.2, 0) is 18.0 Å². The average molecular weight is 265 g/mol. The van der Waals surface area contributed by atoms with Gasteiger partial charge < -0.3 is 10.4 Å². The Morgan fingerprint density at radius 1 is 1.50 bits per heavy atom. The first-order chi connectivity index (χ1) is 8.12. The number of carbonyl (C=O) groups is 2. The first kappa shape index (κ1) is 14.0. The van der Waals surface area contributed by atoms with Crippen molar-refractivity contribution in [1.29, 1.82) is 0 Å². The molecule has 0 aliphatic carbocycles. The van der Waals surface area contributed by atoms with Crippen LogP contribution in [0.4, 0.5) is 13.2 Å². The molecule has 6 nitrogen and oxygen atoms in total. The van der Waals surface area contributed by atoms with E-state index in [1.54, 1.807) is 0 Å². The van der Waals surface area contributed by atoms with Crippen LogP contribution in [0.3, 0.4) is 0 Å². The number of halogens is 3. The molecule has 0 unspecified atom stereocenters. The van der Waals surface area contributed by atoms with Crippen LogP contribution in [0, 0.1) is 0 Å². The van der Waals surface area contributed by atoms with Gasteiger partial charge in [-0.3, -0.25) is 14.3 Å². The molecule has 1 rings (SSSR count). The van der Waals surface area contributed by atoms with Crippen LogP contribution in [0.25, 0.3) is 0 Å². The second kappa shape index (κ2) is 4.67. The highest BCUT2D eigenvalue weighted by Crippen LogP contribution is 2.28. The lowest BCUT2D eigenvalue weighted by Gasteiger charge is -2.08. The summed E-state index contributed by atoms with van der Waals surface area (Å²) in [5.74, 6) is -2.23. The van der Waals surface area contributed by atoms with E-state index >= 15 is 0 Å². The van der Waals surface area contributed by atoms with Crippen molar-refractivity contribution >= 4 is 11.9 Å². The molecule has 0 radical (unpaired) electrons. The molecule has 0 saturated heterocycles. The van der Waals surface area contributed by atoms with E-state index in [1.165, 1.54) is 6.92 Å². The Morgan fingerprint density at radius 2 is 2.06 bits per heavy atom. The van der Waals surface area contributed by atoms with Crippen LogP contribution in [0.1, 0.15) is 23.1 Å². The maximum atomic E-state index is 12.3. The van der Waals surface area contributed by atoms with E-state index in [-0.39, 0.29) is 5.69 Å². The predicted molar refractivity (Wildman–Crippen MR) is 52.8 cm³/mol. The standard InChI is InChI=1S/C9H10F3N3O3/c1-4(8(17)18)13-7(16)5-3-6(9(10,11)12)14-15(5)2/h3-4H,1-2H3,(H,13,16)(H,17,18)/t4-/m0/s1. The molecule has 0 aromatic carbocycles. The van der Waals surface area contributed by atoms with E-state index in [9.17, 15) is 22.8 Å². The van der Waals surface area contributed by atoms with Crippen LogP contribution in [0.2, 0.25) is 0 Å². The predicted octanol–water partition coefficient (Wildman–Crippen LogP) is 0.642. The van der Waals surface area contributed by atoms with Gasteiger partial charge in [0.1, 0.15) is 11.7 Å². The van der Waals surface area contributed by atoms with Gasteiger partial charge in [0, 0.05) is 13.1 Å². The van der Waals surface area contributed by atoms with E-state index in [0.29, 0.717) is 6.07 Å². The Labute approximate surface area is 99.4 Å². The topological polar surface area (TPSA) is 84.2 Å². The Bertz CT molecular complexity index is 481. The highest BCUT2D eigenvalue weighted by molar-refractivity contribution is 5.95. The SMILES string of the molecule is C[C@H](NC(=O)c1cc(C(F)(F)F)nn1C)C(=O)O. The van der Waals surface area contributed by atoms with Gasteiger partial charge in [0.05, 0.1) is 0 Å². The van der Waals surface area contributed by atoms with E-state index in [0.717, 1.165) is 11.7 Å². The van der Waals surface area contributed by atoms with Gasteiger partial charge in [0.15, 0.2) is 5.69 Å². The van der Waals surface area contributed by atoms with Crippen LogP contribution < -0.4 is 5.32 Å². The summed E-state index contributed by atoms with van der Waals surface area (Å²) in [6.07, 6.45) is -4.66. The average Bonchev–Trinajstić information content (AvgIpc) is 2.59. The van der Waals surface area contributed by atoms with Gasteiger partial charge >= 0.3 is 12.1 Å². The quantitative estimate of drug-likeness (QED) is 0.840. The van der Waals surface area contributed by atoms with Crippen LogP contribution in [0.5, 0.6) is 0 Å². The number of amides is 1. The molecule has 18 heavy (non-hydrogen) atoms. The number of carboxylic acid groups (broad SMARTS) is 1. The molecule has 0 spiro atoms. The number of carboxylic acids is 1. The summed E-state index contributed by atoms with van der Waals surface area (Å²) < 4.78 is 37.7. The fourth-order valence-electron chi connectivity index (χ4n) is 1.15. The first-order valence-electron chi connectivity index (χ1n) is 4.78. The van der Waals surface area contributed by atoms with Crippen LogP contribution >= 0.6 is 0 Å². The number of hydrogen-bond donors (Lipinski definition) is 2. The van der Waals surface area contributed by atoms with E-state index in [4.69, 9.17) is 5.11 Å². The van der Waals surface area contributed by atoms with Gasteiger partial charge in [-0.05, 0) is 6.92 Å². The minimum absolute atomic E-state index is 0.365. The smallest absolute Gasteiger partial charge is 0.435 e. The third-order valence-corrected chi connectivity index (χ3v) is 2.12. The maximum absolute atomic E-state index is 12.3. The molecule has 2 N–H and O–H groups in total. The molecule has 0 aliphatic heterocycles. The largest absolute Gasteiger partial charge is 0.480 e. The zero-order valence-electron chi connectivity index (χ0n) is 9.45. The summed E-state index contributed by atoms with van der Waals surface area (Å²) in [5.41, 5.74) is -1.58. The van der Waals surface area contributed by atoms with Gasteiger partial charge in [0.2, 0.25) is 0 Å². The molecule has 1 aromatic rings. The fraction of sp³-hybridized carbons (Fsp3) is 0.444. The highest BCUT2D eigenvalue weighted by Gasteiger charge is 2.35. The highest BCUT2D eigenvalue weighted by atomic mass is 19.4. The van der Waals surface area contributed by atoms with Gasteiger partial charge in [0.25, 0.3) is 5.91 Å². The lowest BCUT2D eigenvalue weighted by Crippen LogP contribution is -2.39. The summed E-state index contributed by atoms with van der Waals surface area (Å²) >= 11 is 0. The van der Waals surface area contributed by atoms with Crippen molar-refractivity contribution in [2.45, 2.75) is 19.1 Å². The number of hydrogen-bond acceptors (Lipinski definition) is 3. The van der Waals surface area contributed by atoms with Crippen molar-refractivity contribution in [3.05, 3.63) is 17.5 Å². The normalized spacial score (nSPS) is 13.2. The van der Waals surface area contributed by atoms with E-state index < -0.39 is 29.8 Å². The van der Waals surface area contributed by atoms with E-state index in [1.807, 2.05) is 5.32 Å². The molecule has 1 atom stereocenters. The second-order valence-electron chi connectivity index (χ2n) is 3.57. The summed E-state index contributed by atoms with van der Waals surface area (Å²) in [5, 5.41) is 13.7. The van der Waals surface area contributed by atoms with Crippen LogP contribution in [0.15, 0.2) is 6.07 Å². The van der Waals surface area contributed by atoms with Gasteiger partial charge in [-0.25, -0.2) is 0 Å². The maximum Gasteiger partial charge on any atom is 0.435 e. The van der Waals surface area contributed by atoms with Crippen molar-refractivity contribution in [3.63, 3.8) is 0 Å². The molecular formula is C9H10F3N3O3. The second-order valence-corrected chi connectivity index (χ2v) is 3.57. The molecular weight excluding hydrogens is 255 g/mol. The van der Waals surface area contributed by atoms with Crippen molar-refractivity contribution in [2.24, 2.45) is 7.05 Å². The molecule has 100 valence electrons. The number of carbonyl (C=O) groups excluding carboxylic acids is 1. The fourth-order valence-corrected chi connectivity index (χ4v) is 1.15. The van der Waals surface area contributed by atoms with Crippen molar-refractivity contribution in [1.82, 2.24) is 15.1 Å². The minimum atomic E-state index is -4.66. The van der Waals surface area contributed by atoms with Crippen LogP contribution in [-0.4, -0.2) is 32.8 Å². The van der Waals surface area contributed by atoms with Gasteiger partial charge in [-0.1, -0.05) is 0 Å². The molecule has 1 heterocycles. The molecule has 0 fully saturated rings. The molecule has 0 aliphatic rings. The molecule has 9 heteroatoms. The molecule has 1 amide bonds. The Hall–Kier alpha value is -2.06. The lowest BCUT2D eigenvalue weighted by atomic mass is 10.3. The number of alkyl halides is 3. The number of aromatic nitrogens is 2. The Kier molecular flexibility index (Phi) is 3.63. The third-order valence-electron chi connectivity index (χ3n) is 2.12. The first-order valence-corrected chi connectivity index (χ1v) is 4.78. The summed E-state index contributed by atoms with van der Waals surface area (Å²) in [6, 6.07) is -0.647. The summed E-state index contributed by atoms with van der Waals surface area (Å²) in [4.78, 5) is 22.0. The Balaban J connectivity index is 2.94. The molecule has 0 saturated carbocycles.